The molecule has 3 aromatic carbocycles. The van der Waals surface area contributed by atoms with Crippen LogP contribution in [0.3, 0.4) is 0 Å². The number of nitrogens with zero attached hydrogens (tertiary/aromatic N) is 27. The first-order valence-corrected chi connectivity index (χ1v) is 38.8. The molecule has 7 aromatic rings. The lowest BCUT2D eigenvalue weighted by Gasteiger charge is -2.30. The molecule has 0 saturated heterocycles. The lowest BCUT2D eigenvalue weighted by Crippen LogP contribution is -2.45. The smallest absolute Gasteiger partial charge is 0.425 e. The second-order valence-electron chi connectivity index (χ2n) is 34.3. The second-order valence-corrected chi connectivity index (χ2v) is 34.3. The molecule has 4 aromatic heterocycles. The summed E-state index contributed by atoms with van der Waals surface area (Å²) in [5, 5.41) is 26.1. The van der Waals surface area contributed by atoms with Gasteiger partial charge >= 0.3 is 54.6 Å². The molecule has 0 atom stereocenters. The molecular weight excluding hydrogens is 1590 g/mol. The molecule has 6 aliphatic rings. The molecule has 0 N–H and O–H groups in total. The standard InChI is InChI=1S/C81H93N27O15/c1-76(2,3)118-70(109)106(71(110)119-77(4,5)6)64-58-61(85-43-82-58)88-46-100(64)31-49-19-25-52(26-20-49)34-103-37-55(94-97-103)40-115-67-91-68(116-41-56-38-104(98-95-56)35-53-27-21-50(22-28-53)32-101-47-89-62-59(83-44-86-62)65(101)107(72(111)120-78(7,8)9)73(112)121-79(10,11)12)93-69(92-67)117-42-57-39-105(99-96-57)36-54-29-23-51(24-30-54)33-102-48-90-63-60(84-45-87-63)66(102)108(74(113)122-80(13,14)15)75(114)123-81(16,17)18/h19-30,37-39,43-48H,31-36,40-42H2,1-18H3. The largest absolute Gasteiger partial charge is 0.457 e. The van der Waals surface area contributed by atoms with Gasteiger partial charge in [0.2, 0.25) is 0 Å². The molecule has 13 rings (SSSR count). The molecule has 42 nitrogen and oxygen atoms in total. The maximum atomic E-state index is 13.9. The molecule has 0 bridgehead atoms. The maximum absolute atomic E-state index is 13.9. The predicted octanol–water partition coefficient (Wildman–Crippen LogP) is 12.0. The van der Waals surface area contributed by atoms with Crippen molar-refractivity contribution in [2.24, 2.45) is 0 Å². The summed E-state index contributed by atoms with van der Waals surface area (Å²) < 4.78 is 62.4. The predicted molar refractivity (Wildman–Crippen MR) is 435 cm³/mol. The summed E-state index contributed by atoms with van der Waals surface area (Å²) in [6, 6.07) is 22.2. The van der Waals surface area contributed by atoms with Gasteiger partial charge in [0.25, 0.3) is 0 Å². The third-order valence-electron chi connectivity index (χ3n) is 16.8. The fraction of sp³-hybridized carbons (Fsp3) is 0.407. The molecule has 0 fully saturated rings. The minimum atomic E-state index is -0.974. The zero-order chi connectivity index (χ0) is 88.1. The van der Waals surface area contributed by atoms with Gasteiger partial charge in [0.1, 0.15) is 89.5 Å². The van der Waals surface area contributed by atoms with E-state index in [4.69, 9.17) is 42.6 Å². The summed E-state index contributed by atoms with van der Waals surface area (Å²) in [4.78, 5) is 138. The van der Waals surface area contributed by atoms with Crippen LogP contribution in [0.15, 0.2) is 129 Å². The number of rotatable bonds is 24. The molecule has 0 aliphatic carbocycles. The van der Waals surface area contributed by atoms with E-state index in [9.17, 15) is 28.8 Å². The Bertz CT molecular complexity index is 5160. The topological polar surface area (TPSA) is 457 Å². The number of fused-ring (bicyclic) bond motifs is 3. The van der Waals surface area contributed by atoms with Crippen molar-refractivity contribution in [2.45, 2.75) is 217 Å². The number of amides is 6. The molecule has 6 aliphatic heterocycles. The van der Waals surface area contributed by atoms with Crippen molar-refractivity contribution in [1.82, 2.24) is 118 Å². The fourth-order valence-electron chi connectivity index (χ4n) is 11.9. The minimum absolute atomic E-state index is 0.0551. The molecule has 0 saturated carbocycles. The molecule has 0 unspecified atom stereocenters. The van der Waals surface area contributed by atoms with Gasteiger partial charge in [-0.05, 0) is 158 Å². The van der Waals surface area contributed by atoms with E-state index in [1.807, 2.05) is 72.8 Å². The van der Waals surface area contributed by atoms with E-state index in [1.54, 1.807) is 171 Å². The third-order valence-corrected chi connectivity index (χ3v) is 16.8. The first kappa shape index (κ1) is 86.2. The van der Waals surface area contributed by atoms with Gasteiger partial charge < -0.3 is 56.3 Å². The summed E-state index contributed by atoms with van der Waals surface area (Å²) in [6.07, 6.45) is 7.52. The Hall–Kier alpha value is -14.6. The lowest BCUT2D eigenvalue weighted by molar-refractivity contribution is 0.0405. The van der Waals surface area contributed by atoms with Gasteiger partial charge in [-0.2, -0.15) is 14.7 Å². The van der Waals surface area contributed by atoms with Gasteiger partial charge in [0, 0.05) is 0 Å². The molecule has 0 radical (unpaired) electrons. The van der Waals surface area contributed by atoms with Crippen LogP contribution in [0.25, 0.3) is 34.6 Å². The van der Waals surface area contributed by atoms with Crippen LogP contribution in [-0.4, -0.2) is 189 Å². The monoisotopic (exact) mass is 1680 g/mol. The highest BCUT2D eigenvalue weighted by molar-refractivity contribution is 6.12. The van der Waals surface area contributed by atoms with Crippen molar-refractivity contribution in [3.63, 3.8) is 0 Å². The van der Waals surface area contributed by atoms with Crippen LogP contribution in [0.2, 0.25) is 0 Å². The van der Waals surface area contributed by atoms with E-state index in [0.717, 1.165) is 48.1 Å². The SMILES string of the molecule is CC(C)(C)OC(=O)N(C(=O)OC(C)(C)C)c1c2ncnc-2ncn1Cc1ccc(Cn2cc(COc3nc(OCc4cn(Cc5ccc(Cn6cnc7ncnc-7c6N(C(=O)OC(C)(C)C)C(=O)OC(C)(C)C)cc5)nn4)nc(OCc4cn(Cc5ccc(Cn6cnc7ncnc-7c6N(C(=O)OC(C)(C)C)C(=O)OC(C)(C)C)cc5)nn4)n3)nn2)cc1. The highest BCUT2D eigenvalue weighted by Gasteiger charge is 2.42. The zero-order valence-electron chi connectivity index (χ0n) is 71.2. The molecule has 642 valence electrons. The molecule has 10 heterocycles. The van der Waals surface area contributed by atoms with Gasteiger partial charge in [-0.25, -0.2) is 87.7 Å². The Morgan fingerprint density at radius 2 is 0.504 bits per heavy atom. The highest BCUT2D eigenvalue weighted by atomic mass is 16.6. The van der Waals surface area contributed by atoms with Crippen molar-refractivity contribution in [2.75, 3.05) is 14.7 Å². The number of ether oxygens (including phenoxy) is 9. The Kier molecular flexibility index (Phi) is 24.5. The zero-order valence-corrected chi connectivity index (χ0v) is 71.2. The van der Waals surface area contributed by atoms with Crippen molar-refractivity contribution in [1.29, 1.82) is 0 Å². The normalized spacial score (nSPS) is 12.1. The van der Waals surface area contributed by atoms with Crippen LogP contribution in [-0.2, 0) is 87.5 Å². The Labute approximate surface area is 705 Å². The number of hydrogen-bond donors (Lipinski definition) is 0. The van der Waals surface area contributed by atoms with Crippen LogP contribution < -0.4 is 28.9 Å². The fourth-order valence-corrected chi connectivity index (χ4v) is 11.9. The van der Waals surface area contributed by atoms with Gasteiger partial charge in [-0.3, -0.25) is 0 Å². The average Bonchev–Trinajstić information content (AvgIpc) is 1.75. The number of benzene rings is 3. The van der Waals surface area contributed by atoms with Crippen LogP contribution in [0, 0.1) is 0 Å². The first-order valence-electron chi connectivity index (χ1n) is 38.8. The van der Waals surface area contributed by atoms with Crippen LogP contribution in [0.5, 0.6) is 18.0 Å². The molecule has 123 heavy (non-hydrogen) atoms. The first-order chi connectivity index (χ1) is 58.0. The summed E-state index contributed by atoms with van der Waals surface area (Å²) in [7, 11) is 0. The number of anilines is 3. The Morgan fingerprint density at radius 3 is 0.715 bits per heavy atom. The quantitative estimate of drug-likeness (QED) is 0.0507. The Balaban J connectivity index is 0.693. The lowest BCUT2D eigenvalue weighted by atomic mass is 10.1. The third kappa shape index (κ3) is 22.9. The average molecular weight is 1680 g/mol. The summed E-state index contributed by atoms with van der Waals surface area (Å²) in [5.41, 5.74) is 0.829. The van der Waals surface area contributed by atoms with Gasteiger partial charge in [0.15, 0.2) is 52.0 Å². The van der Waals surface area contributed by atoms with Crippen LogP contribution in [0.1, 0.15) is 175 Å². The maximum Gasteiger partial charge on any atom is 0.425 e. The van der Waals surface area contributed by atoms with Gasteiger partial charge in [-0.1, -0.05) is 88.4 Å². The van der Waals surface area contributed by atoms with Crippen molar-refractivity contribution < 1.29 is 71.4 Å². The summed E-state index contributed by atoms with van der Waals surface area (Å²) in [5.74, 6) is 0.776. The molecular formula is C81H93N27O15. The molecule has 42 heteroatoms. The molecule has 0 spiro atoms. The van der Waals surface area contributed by atoms with Crippen LogP contribution in [0.4, 0.5) is 46.2 Å². The number of carbonyl (C=O) groups is 6. The van der Waals surface area contributed by atoms with Gasteiger partial charge in [0.05, 0.1) is 76.8 Å². The van der Waals surface area contributed by atoms with Crippen LogP contribution >= 0.6 is 0 Å². The van der Waals surface area contributed by atoms with E-state index in [0.29, 0.717) is 36.7 Å². The number of carbonyl (C=O) groups excluding carboxylic acids is 6. The Morgan fingerprint density at radius 1 is 0.293 bits per heavy atom. The number of hydrogen-bond acceptors (Lipinski definition) is 33. The minimum Gasteiger partial charge on any atom is -0.457 e. The summed E-state index contributed by atoms with van der Waals surface area (Å²) in [6.45, 7) is 31.3. The van der Waals surface area contributed by atoms with E-state index in [1.165, 1.54) is 38.0 Å². The van der Waals surface area contributed by atoms with E-state index < -0.39 is 70.2 Å². The van der Waals surface area contributed by atoms with Crippen molar-refractivity contribution in [3.8, 4) is 52.6 Å². The highest BCUT2D eigenvalue weighted by Crippen LogP contribution is 2.36. The summed E-state index contributed by atoms with van der Waals surface area (Å²) >= 11 is 0. The number of imidazole rings is 3. The number of aromatic nitrogens is 24. The molecule has 6 amide bonds. The number of imide groups is 3. The van der Waals surface area contributed by atoms with Gasteiger partial charge in [-0.15, -0.1) is 30.2 Å². The van der Waals surface area contributed by atoms with E-state index in [-0.39, 0.29) is 109 Å². The van der Waals surface area contributed by atoms with E-state index in [2.05, 4.69) is 90.7 Å². The van der Waals surface area contributed by atoms with Crippen molar-refractivity contribution in [3.05, 3.63) is 180 Å². The van der Waals surface area contributed by atoms with E-state index >= 15 is 0 Å². The van der Waals surface area contributed by atoms with Crippen molar-refractivity contribution >= 4 is 54.0 Å². The second kappa shape index (κ2) is 35.0.